The van der Waals surface area contributed by atoms with Gasteiger partial charge in [0.15, 0.2) is 5.82 Å². The molecule has 2 aromatic heterocycles. The first-order chi connectivity index (χ1) is 7.59. The van der Waals surface area contributed by atoms with Gasteiger partial charge in [-0.25, -0.2) is 0 Å². The molecular weight excluding hydrogens is 206 g/mol. The van der Waals surface area contributed by atoms with Crippen LogP contribution in [0.2, 0.25) is 0 Å². The Morgan fingerprint density at radius 3 is 2.75 bits per heavy atom. The van der Waals surface area contributed by atoms with Gasteiger partial charge in [0.1, 0.15) is 5.69 Å². The van der Waals surface area contributed by atoms with Gasteiger partial charge < -0.3 is 10.3 Å². The van der Waals surface area contributed by atoms with E-state index in [9.17, 15) is 0 Å². The summed E-state index contributed by atoms with van der Waals surface area (Å²) in [5.74, 6) is 1.26. The summed E-state index contributed by atoms with van der Waals surface area (Å²) < 4.78 is 6.84. The van der Waals surface area contributed by atoms with Gasteiger partial charge in [-0.2, -0.15) is 10.1 Å². The van der Waals surface area contributed by atoms with E-state index in [-0.39, 0.29) is 12.0 Å². The van der Waals surface area contributed by atoms with E-state index in [0.29, 0.717) is 11.7 Å². The van der Waals surface area contributed by atoms with E-state index in [1.165, 1.54) is 0 Å². The van der Waals surface area contributed by atoms with Gasteiger partial charge in [-0.15, -0.1) is 0 Å². The van der Waals surface area contributed by atoms with Crippen LogP contribution in [-0.4, -0.2) is 19.9 Å². The third kappa shape index (κ3) is 1.83. The summed E-state index contributed by atoms with van der Waals surface area (Å²) in [6, 6.07) is 1.61. The highest BCUT2D eigenvalue weighted by molar-refractivity contribution is 5.45. The first-order valence-corrected chi connectivity index (χ1v) is 5.17. The van der Waals surface area contributed by atoms with Crippen molar-refractivity contribution in [3.05, 3.63) is 18.1 Å². The zero-order chi connectivity index (χ0) is 11.7. The average Bonchev–Trinajstić information content (AvgIpc) is 2.84. The maximum absolute atomic E-state index is 5.94. The minimum absolute atomic E-state index is 0.203. The molecule has 0 aliphatic heterocycles. The molecule has 0 aliphatic rings. The number of rotatable bonds is 3. The van der Waals surface area contributed by atoms with E-state index in [0.717, 1.165) is 5.69 Å². The first-order valence-electron chi connectivity index (χ1n) is 5.17. The van der Waals surface area contributed by atoms with E-state index < -0.39 is 0 Å². The van der Waals surface area contributed by atoms with E-state index in [4.69, 9.17) is 10.3 Å². The van der Waals surface area contributed by atoms with Crippen molar-refractivity contribution < 1.29 is 4.52 Å². The Balaban J connectivity index is 2.30. The Kier molecular flexibility index (Phi) is 2.74. The number of nitrogens with two attached hydrogens (primary N) is 1. The molecule has 2 heterocycles. The van der Waals surface area contributed by atoms with Crippen molar-refractivity contribution in [1.82, 2.24) is 19.9 Å². The highest BCUT2D eigenvalue weighted by Crippen LogP contribution is 2.20. The largest absolute Gasteiger partial charge is 0.332 e. The third-order valence-electron chi connectivity index (χ3n) is 2.50. The minimum Gasteiger partial charge on any atom is -0.332 e. The number of aryl methyl sites for hydroxylation is 1. The molecule has 1 atom stereocenters. The predicted molar refractivity (Wildman–Crippen MR) is 58.3 cm³/mol. The predicted octanol–water partition coefficient (Wildman–Crippen LogP) is 1.13. The Morgan fingerprint density at radius 1 is 1.44 bits per heavy atom. The Hall–Kier alpha value is -1.69. The molecule has 0 aromatic carbocycles. The second kappa shape index (κ2) is 4.05. The van der Waals surface area contributed by atoms with Gasteiger partial charge in [-0.3, -0.25) is 4.68 Å². The normalized spacial score (nSPS) is 13.3. The first kappa shape index (κ1) is 10.8. The smallest absolute Gasteiger partial charge is 0.276 e. The van der Waals surface area contributed by atoms with Crippen LogP contribution in [0.15, 0.2) is 16.8 Å². The summed E-state index contributed by atoms with van der Waals surface area (Å²) >= 11 is 0. The summed E-state index contributed by atoms with van der Waals surface area (Å²) in [6.07, 6.45) is 1.68. The molecule has 0 fully saturated rings. The van der Waals surface area contributed by atoms with Crippen LogP contribution < -0.4 is 5.73 Å². The van der Waals surface area contributed by atoms with Gasteiger partial charge in [-0.1, -0.05) is 19.0 Å². The van der Waals surface area contributed by atoms with Crippen LogP contribution in [0.3, 0.4) is 0 Å². The summed E-state index contributed by atoms with van der Waals surface area (Å²) in [5, 5.41) is 7.92. The lowest BCUT2D eigenvalue weighted by molar-refractivity contribution is 0.398. The summed E-state index contributed by atoms with van der Waals surface area (Å²) in [4.78, 5) is 4.27. The van der Waals surface area contributed by atoms with Crippen molar-refractivity contribution >= 4 is 0 Å². The van der Waals surface area contributed by atoms with Crippen molar-refractivity contribution in [3.8, 4) is 11.6 Å². The monoisotopic (exact) mass is 221 g/mol. The van der Waals surface area contributed by atoms with Crippen molar-refractivity contribution in [2.75, 3.05) is 0 Å². The van der Waals surface area contributed by atoms with Crippen LogP contribution in [0.5, 0.6) is 0 Å². The number of hydrogen-bond donors (Lipinski definition) is 1. The molecule has 0 saturated heterocycles. The highest BCUT2D eigenvalue weighted by atomic mass is 16.5. The molecule has 16 heavy (non-hydrogen) atoms. The van der Waals surface area contributed by atoms with Gasteiger partial charge in [0.2, 0.25) is 0 Å². The zero-order valence-corrected chi connectivity index (χ0v) is 9.58. The van der Waals surface area contributed by atoms with Crippen molar-refractivity contribution in [2.24, 2.45) is 18.7 Å². The molecule has 0 spiro atoms. The van der Waals surface area contributed by atoms with Crippen LogP contribution in [0, 0.1) is 5.92 Å². The summed E-state index contributed by atoms with van der Waals surface area (Å²) in [5.41, 5.74) is 6.72. The zero-order valence-electron chi connectivity index (χ0n) is 9.58. The fourth-order valence-electron chi connectivity index (χ4n) is 1.36. The van der Waals surface area contributed by atoms with Gasteiger partial charge >= 0.3 is 0 Å². The lowest BCUT2D eigenvalue weighted by Crippen LogP contribution is -2.18. The van der Waals surface area contributed by atoms with E-state index >= 15 is 0 Å². The molecule has 2 aromatic rings. The molecule has 2 rings (SSSR count). The molecular formula is C10H15N5O. The van der Waals surface area contributed by atoms with Crippen molar-refractivity contribution in [2.45, 2.75) is 19.9 Å². The molecule has 0 amide bonds. The minimum atomic E-state index is -0.203. The second-order valence-electron chi connectivity index (χ2n) is 4.07. The van der Waals surface area contributed by atoms with E-state index in [1.807, 2.05) is 27.0 Å². The van der Waals surface area contributed by atoms with Crippen LogP contribution in [0.1, 0.15) is 25.7 Å². The average molecular weight is 221 g/mol. The van der Waals surface area contributed by atoms with Gasteiger partial charge in [-0.05, 0) is 12.0 Å². The molecule has 0 saturated carbocycles. The van der Waals surface area contributed by atoms with Gasteiger partial charge in [0.25, 0.3) is 5.89 Å². The maximum atomic E-state index is 5.94. The van der Waals surface area contributed by atoms with Gasteiger partial charge in [0.05, 0.1) is 6.04 Å². The topological polar surface area (TPSA) is 82.8 Å². The quantitative estimate of drug-likeness (QED) is 0.839. The molecule has 86 valence electrons. The second-order valence-corrected chi connectivity index (χ2v) is 4.07. The fraction of sp³-hybridized carbons (Fsp3) is 0.500. The molecule has 0 bridgehead atoms. The highest BCUT2D eigenvalue weighted by Gasteiger charge is 2.19. The van der Waals surface area contributed by atoms with Gasteiger partial charge in [0, 0.05) is 13.2 Å². The summed E-state index contributed by atoms with van der Waals surface area (Å²) in [7, 11) is 1.82. The Morgan fingerprint density at radius 2 is 2.19 bits per heavy atom. The molecule has 0 radical (unpaired) electrons. The Labute approximate surface area is 93.4 Å². The molecule has 6 nitrogen and oxygen atoms in total. The third-order valence-corrected chi connectivity index (χ3v) is 2.50. The summed E-state index contributed by atoms with van der Waals surface area (Å²) in [6.45, 7) is 4.04. The lowest BCUT2D eigenvalue weighted by Gasteiger charge is -2.09. The molecule has 1 unspecified atom stereocenters. The standard InChI is InChI=1S/C10H15N5O/c1-6(2)8(11)9-13-10(16-14-9)7-4-5-12-15(7)3/h4-6,8H,11H2,1-3H3. The van der Waals surface area contributed by atoms with Crippen LogP contribution in [0.4, 0.5) is 0 Å². The number of aromatic nitrogens is 4. The van der Waals surface area contributed by atoms with E-state index in [1.54, 1.807) is 10.9 Å². The van der Waals surface area contributed by atoms with E-state index in [2.05, 4.69) is 15.2 Å². The van der Waals surface area contributed by atoms with Crippen molar-refractivity contribution in [1.29, 1.82) is 0 Å². The van der Waals surface area contributed by atoms with Crippen LogP contribution >= 0.6 is 0 Å². The fourth-order valence-corrected chi connectivity index (χ4v) is 1.36. The molecule has 6 heteroatoms. The molecule has 0 aliphatic carbocycles. The van der Waals surface area contributed by atoms with Crippen molar-refractivity contribution in [3.63, 3.8) is 0 Å². The number of nitrogens with zero attached hydrogens (tertiary/aromatic N) is 4. The van der Waals surface area contributed by atoms with Crippen LogP contribution in [0.25, 0.3) is 11.6 Å². The maximum Gasteiger partial charge on any atom is 0.276 e. The Bertz CT molecular complexity index is 473. The SMILES string of the molecule is CC(C)C(N)c1noc(-c2ccnn2C)n1. The van der Waals surface area contributed by atoms with Crippen LogP contribution in [-0.2, 0) is 7.05 Å². The number of hydrogen-bond acceptors (Lipinski definition) is 5. The lowest BCUT2D eigenvalue weighted by atomic mass is 10.1. The molecule has 2 N–H and O–H groups in total.